The number of benzene rings is 2. The van der Waals surface area contributed by atoms with Crippen LogP contribution in [0.2, 0.25) is 0 Å². The van der Waals surface area contributed by atoms with Crippen molar-refractivity contribution >= 4 is 43.1 Å². The van der Waals surface area contributed by atoms with E-state index in [0.29, 0.717) is 0 Å². The number of nitrogens with zero attached hydrogens (tertiary/aromatic N) is 3. The maximum absolute atomic E-state index is 5.51. The van der Waals surface area contributed by atoms with E-state index in [1.54, 1.807) is 0 Å². The summed E-state index contributed by atoms with van der Waals surface area (Å²) < 4.78 is 8.07. The number of aryl methyl sites for hydroxylation is 2. The summed E-state index contributed by atoms with van der Waals surface area (Å²) in [7, 11) is 0. The van der Waals surface area contributed by atoms with Crippen LogP contribution in [-0.2, 0) is 4.74 Å². The molecule has 0 spiro atoms. The van der Waals surface area contributed by atoms with Crippen molar-refractivity contribution in [3.63, 3.8) is 0 Å². The van der Waals surface area contributed by atoms with Crippen LogP contribution in [0.5, 0.6) is 0 Å². The van der Waals surface area contributed by atoms with Crippen LogP contribution in [0, 0.1) is 13.8 Å². The molecule has 0 N–H and O–H groups in total. The first-order valence-corrected chi connectivity index (χ1v) is 10.3. The summed E-state index contributed by atoms with van der Waals surface area (Å²) in [5, 5.41) is 0. The van der Waals surface area contributed by atoms with E-state index in [2.05, 4.69) is 47.9 Å². The van der Waals surface area contributed by atoms with Crippen LogP contribution in [0.1, 0.15) is 17.5 Å². The third-order valence-electron chi connectivity index (χ3n) is 5.54. The molecule has 0 atom stereocenters. The molecule has 2 aliphatic rings. The predicted octanol–water partition coefficient (Wildman–Crippen LogP) is 4.39. The number of morpholine rings is 1. The van der Waals surface area contributed by atoms with E-state index in [0.717, 1.165) is 37.3 Å². The highest BCUT2D eigenvalue weighted by Crippen LogP contribution is 2.35. The van der Waals surface area contributed by atoms with Gasteiger partial charge in [-0.05, 0) is 43.5 Å². The Bertz CT molecular complexity index is 994. The third kappa shape index (κ3) is 2.70. The van der Waals surface area contributed by atoms with Crippen LogP contribution in [-0.4, -0.2) is 44.4 Å². The van der Waals surface area contributed by atoms with E-state index in [1.807, 2.05) is 11.3 Å². The molecular weight excluding hydrogens is 342 g/mol. The summed E-state index contributed by atoms with van der Waals surface area (Å²) in [6, 6.07) is 9.22. The molecule has 2 aromatic carbocycles. The minimum atomic E-state index is 0.814. The van der Waals surface area contributed by atoms with Gasteiger partial charge in [0.05, 0.1) is 13.2 Å². The molecule has 3 heterocycles. The Hall–Kier alpha value is -1.98. The molecule has 0 bridgehead atoms. The zero-order valence-electron chi connectivity index (χ0n) is 15.4. The van der Waals surface area contributed by atoms with Crippen LogP contribution in [0.3, 0.4) is 0 Å². The number of hydrogen-bond donors (Lipinski definition) is 0. The van der Waals surface area contributed by atoms with Crippen molar-refractivity contribution in [2.75, 3.05) is 49.2 Å². The van der Waals surface area contributed by atoms with Crippen molar-refractivity contribution in [3.05, 3.63) is 35.4 Å². The molecule has 5 rings (SSSR count). The SMILES string of the molecule is Cc1cc(N2CCC2)cc2[s+]c3cc(N4CCOCC4)cc(C)c3nc12. The Morgan fingerprint density at radius 3 is 1.85 bits per heavy atom. The summed E-state index contributed by atoms with van der Waals surface area (Å²) >= 11 is 1.88. The van der Waals surface area contributed by atoms with E-state index in [1.165, 1.54) is 51.4 Å². The van der Waals surface area contributed by atoms with Crippen LogP contribution < -0.4 is 9.80 Å². The molecule has 2 fully saturated rings. The summed E-state index contributed by atoms with van der Waals surface area (Å²) in [5.74, 6) is 0. The molecule has 4 nitrogen and oxygen atoms in total. The van der Waals surface area contributed by atoms with E-state index in [9.17, 15) is 0 Å². The lowest BCUT2D eigenvalue weighted by Gasteiger charge is -2.33. The smallest absolute Gasteiger partial charge is 0.259 e. The average molecular weight is 367 g/mol. The van der Waals surface area contributed by atoms with Gasteiger partial charge in [-0.15, -0.1) is 0 Å². The maximum atomic E-state index is 5.51. The van der Waals surface area contributed by atoms with E-state index >= 15 is 0 Å². The molecule has 26 heavy (non-hydrogen) atoms. The fourth-order valence-electron chi connectivity index (χ4n) is 3.89. The number of rotatable bonds is 2. The van der Waals surface area contributed by atoms with Crippen LogP contribution in [0.15, 0.2) is 24.3 Å². The van der Waals surface area contributed by atoms with Gasteiger partial charge in [0.1, 0.15) is 11.0 Å². The van der Waals surface area contributed by atoms with Gasteiger partial charge in [0, 0.05) is 49.7 Å². The second-order valence-electron chi connectivity index (χ2n) is 7.37. The lowest BCUT2D eigenvalue weighted by molar-refractivity contribution is 0.122. The summed E-state index contributed by atoms with van der Waals surface area (Å²) in [6.45, 7) is 10.3. The summed E-state index contributed by atoms with van der Waals surface area (Å²) in [5.41, 5.74) is 7.46. The lowest BCUT2D eigenvalue weighted by Crippen LogP contribution is -2.36. The molecule has 0 aliphatic carbocycles. The van der Waals surface area contributed by atoms with Gasteiger partial charge in [-0.1, -0.05) is 0 Å². The average Bonchev–Trinajstić information content (AvgIpc) is 2.60. The van der Waals surface area contributed by atoms with Gasteiger partial charge < -0.3 is 14.5 Å². The molecule has 3 aromatic rings. The van der Waals surface area contributed by atoms with Crippen LogP contribution in [0.4, 0.5) is 11.4 Å². The molecule has 0 amide bonds. The standard InChI is InChI=1S/C21H24N3OS/c1-14-10-16(23-4-3-5-23)12-18-20(14)22-21-15(2)11-17(13-19(21)26-18)24-6-8-25-9-7-24/h10-13H,3-9H2,1-2H3/q+1. The Morgan fingerprint density at radius 1 is 0.808 bits per heavy atom. The van der Waals surface area contributed by atoms with Crippen molar-refractivity contribution in [1.29, 1.82) is 0 Å². The topological polar surface area (TPSA) is 28.6 Å². The fourth-order valence-corrected chi connectivity index (χ4v) is 5.09. The molecule has 0 saturated carbocycles. The molecule has 2 saturated heterocycles. The second kappa shape index (κ2) is 6.32. The highest BCUT2D eigenvalue weighted by atomic mass is 32.1. The van der Waals surface area contributed by atoms with Gasteiger partial charge in [-0.2, -0.15) is 0 Å². The van der Waals surface area contributed by atoms with Crippen molar-refractivity contribution in [2.24, 2.45) is 0 Å². The Morgan fingerprint density at radius 2 is 1.35 bits per heavy atom. The lowest BCUT2D eigenvalue weighted by atomic mass is 10.1. The minimum absolute atomic E-state index is 0.814. The Labute approximate surface area is 158 Å². The maximum Gasteiger partial charge on any atom is 0.259 e. The summed E-state index contributed by atoms with van der Waals surface area (Å²) in [6.07, 6.45) is 1.30. The summed E-state index contributed by atoms with van der Waals surface area (Å²) in [4.78, 5) is 9.94. The fraction of sp³-hybridized carbons (Fsp3) is 0.429. The van der Waals surface area contributed by atoms with E-state index in [4.69, 9.17) is 9.72 Å². The van der Waals surface area contributed by atoms with Gasteiger partial charge in [0.2, 0.25) is 11.3 Å². The first kappa shape index (κ1) is 16.2. The largest absolute Gasteiger partial charge is 0.378 e. The zero-order valence-corrected chi connectivity index (χ0v) is 16.2. The molecule has 2 aliphatic heterocycles. The van der Waals surface area contributed by atoms with Gasteiger partial charge >= 0.3 is 0 Å². The molecule has 134 valence electrons. The quantitative estimate of drug-likeness (QED) is 0.497. The van der Waals surface area contributed by atoms with Gasteiger partial charge in [-0.3, -0.25) is 0 Å². The number of anilines is 2. The molecule has 0 unspecified atom stereocenters. The van der Waals surface area contributed by atoms with Crippen molar-refractivity contribution in [3.8, 4) is 0 Å². The van der Waals surface area contributed by atoms with Crippen molar-refractivity contribution < 1.29 is 4.74 Å². The third-order valence-corrected chi connectivity index (χ3v) is 6.60. The van der Waals surface area contributed by atoms with Gasteiger partial charge in [0.25, 0.3) is 9.40 Å². The van der Waals surface area contributed by atoms with Crippen LogP contribution in [0.25, 0.3) is 20.4 Å². The molecular formula is C21H24N3OS+. The second-order valence-corrected chi connectivity index (χ2v) is 8.46. The number of ether oxygens (including phenoxy) is 1. The van der Waals surface area contributed by atoms with Crippen molar-refractivity contribution in [2.45, 2.75) is 20.3 Å². The van der Waals surface area contributed by atoms with E-state index < -0.39 is 0 Å². The number of hydrogen-bond acceptors (Lipinski definition) is 4. The van der Waals surface area contributed by atoms with Gasteiger partial charge in [0.15, 0.2) is 0 Å². The first-order valence-electron chi connectivity index (χ1n) is 9.45. The normalized spacial score (nSPS) is 17.8. The van der Waals surface area contributed by atoms with E-state index in [-0.39, 0.29) is 0 Å². The Balaban J connectivity index is 1.66. The monoisotopic (exact) mass is 366 g/mol. The predicted molar refractivity (Wildman–Crippen MR) is 111 cm³/mol. The van der Waals surface area contributed by atoms with Crippen molar-refractivity contribution in [1.82, 2.24) is 4.98 Å². The highest BCUT2D eigenvalue weighted by molar-refractivity contribution is 7.24. The molecule has 1 aromatic heterocycles. The van der Waals surface area contributed by atoms with Crippen LogP contribution >= 0.6 is 11.3 Å². The Kier molecular flexibility index (Phi) is 3.94. The zero-order chi connectivity index (χ0) is 17.7. The number of fused-ring (bicyclic) bond motifs is 2. The first-order chi connectivity index (χ1) is 12.7. The molecule has 5 heteroatoms. The van der Waals surface area contributed by atoms with Gasteiger partial charge in [-0.25, -0.2) is 4.98 Å². The minimum Gasteiger partial charge on any atom is -0.378 e. The molecule has 0 radical (unpaired) electrons. The number of aromatic nitrogens is 1. The highest BCUT2D eigenvalue weighted by Gasteiger charge is 2.22.